The van der Waals surface area contributed by atoms with Crippen LogP contribution in [-0.2, 0) is 9.59 Å². The zero-order chi connectivity index (χ0) is 18.8. The molecule has 1 aliphatic carbocycles. The number of nitrogens with one attached hydrogen (secondary N) is 2. The molecule has 26 heavy (non-hydrogen) atoms. The Morgan fingerprint density at radius 2 is 1.54 bits per heavy atom. The molecule has 5 nitrogen and oxygen atoms in total. The van der Waals surface area contributed by atoms with E-state index in [1.807, 2.05) is 0 Å². The minimum absolute atomic E-state index is 0.0392. The van der Waals surface area contributed by atoms with Crippen molar-refractivity contribution in [1.82, 2.24) is 0 Å². The molecular formula is C19H16Cl2N2O3. The maximum atomic E-state index is 12.3. The first kappa shape index (κ1) is 18.4. The van der Waals surface area contributed by atoms with Gasteiger partial charge in [-0.3, -0.25) is 14.4 Å². The molecule has 2 amide bonds. The third kappa shape index (κ3) is 4.23. The topological polar surface area (TPSA) is 75.3 Å². The van der Waals surface area contributed by atoms with Crippen LogP contribution in [0.25, 0.3) is 0 Å². The van der Waals surface area contributed by atoms with E-state index in [9.17, 15) is 14.4 Å². The van der Waals surface area contributed by atoms with Crippen molar-refractivity contribution in [3.05, 3.63) is 58.1 Å². The van der Waals surface area contributed by atoms with Crippen molar-refractivity contribution in [3.63, 3.8) is 0 Å². The highest BCUT2D eigenvalue weighted by atomic mass is 35.5. The minimum Gasteiger partial charge on any atom is -0.326 e. The summed E-state index contributed by atoms with van der Waals surface area (Å²) in [5.41, 5.74) is 1.63. The number of rotatable bonds is 5. The Bertz CT molecular complexity index is 881. The van der Waals surface area contributed by atoms with Gasteiger partial charge < -0.3 is 10.6 Å². The molecule has 1 fully saturated rings. The number of benzene rings is 2. The summed E-state index contributed by atoms with van der Waals surface area (Å²) in [6, 6.07) is 11.4. The molecule has 2 unspecified atom stereocenters. The van der Waals surface area contributed by atoms with Crippen molar-refractivity contribution in [3.8, 4) is 0 Å². The van der Waals surface area contributed by atoms with E-state index in [1.165, 1.54) is 6.92 Å². The molecule has 2 N–H and O–H groups in total. The number of hydrogen-bond donors (Lipinski definition) is 2. The Morgan fingerprint density at radius 3 is 2.12 bits per heavy atom. The van der Waals surface area contributed by atoms with Crippen molar-refractivity contribution >= 4 is 52.2 Å². The van der Waals surface area contributed by atoms with Crippen LogP contribution in [0.4, 0.5) is 11.4 Å². The van der Waals surface area contributed by atoms with E-state index in [1.54, 1.807) is 42.5 Å². The monoisotopic (exact) mass is 390 g/mol. The van der Waals surface area contributed by atoms with Gasteiger partial charge in [0, 0.05) is 16.3 Å². The van der Waals surface area contributed by atoms with Crippen molar-refractivity contribution in [2.75, 3.05) is 10.6 Å². The molecule has 0 spiro atoms. The predicted octanol–water partition coefficient (Wildman–Crippen LogP) is 4.41. The Morgan fingerprint density at radius 1 is 0.923 bits per heavy atom. The smallest absolute Gasteiger partial charge is 0.228 e. The van der Waals surface area contributed by atoms with Gasteiger partial charge in [0.1, 0.15) is 0 Å². The van der Waals surface area contributed by atoms with Crippen LogP contribution < -0.4 is 10.6 Å². The van der Waals surface area contributed by atoms with Gasteiger partial charge in [0.25, 0.3) is 0 Å². The highest BCUT2D eigenvalue weighted by molar-refractivity contribution is 6.36. The van der Waals surface area contributed by atoms with Crippen LogP contribution >= 0.6 is 23.2 Å². The summed E-state index contributed by atoms with van der Waals surface area (Å²) in [7, 11) is 0. The van der Waals surface area contributed by atoms with Crippen molar-refractivity contribution in [2.45, 2.75) is 13.3 Å². The zero-order valence-corrected chi connectivity index (χ0v) is 15.4. The van der Waals surface area contributed by atoms with Crippen LogP contribution in [0.1, 0.15) is 23.7 Å². The Balaban J connectivity index is 1.56. The number of halogens is 2. The molecule has 0 heterocycles. The summed E-state index contributed by atoms with van der Waals surface area (Å²) in [5, 5.41) is 6.31. The minimum atomic E-state index is -0.391. The first-order valence-electron chi connectivity index (χ1n) is 8.03. The molecular weight excluding hydrogens is 375 g/mol. The second-order valence-electron chi connectivity index (χ2n) is 6.18. The van der Waals surface area contributed by atoms with Gasteiger partial charge in [-0.05, 0) is 55.8 Å². The molecule has 1 aliphatic rings. The third-order valence-electron chi connectivity index (χ3n) is 4.21. The van der Waals surface area contributed by atoms with Crippen LogP contribution in [-0.4, -0.2) is 17.6 Å². The molecule has 2 aromatic rings. The average Bonchev–Trinajstić information content (AvgIpc) is 3.39. The van der Waals surface area contributed by atoms with E-state index in [0.29, 0.717) is 33.4 Å². The van der Waals surface area contributed by atoms with Gasteiger partial charge in [0.05, 0.1) is 22.5 Å². The molecule has 7 heteroatoms. The van der Waals surface area contributed by atoms with Crippen molar-refractivity contribution < 1.29 is 14.4 Å². The van der Waals surface area contributed by atoms with Crippen LogP contribution in [0.15, 0.2) is 42.5 Å². The maximum Gasteiger partial charge on any atom is 0.228 e. The van der Waals surface area contributed by atoms with Crippen LogP contribution in [0.5, 0.6) is 0 Å². The molecule has 1 saturated carbocycles. The summed E-state index contributed by atoms with van der Waals surface area (Å²) >= 11 is 11.9. The fraction of sp³-hybridized carbons (Fsp3) is 0.211. The Hall–Kier alpha value is -2.37. The lowest BCUT2D eigenvalue weighted by atomic mass is 10.1. The number of amides is 2. The Labute approximate surface area is 160 Å². The van der Waals surface area contributed by atoms with E-state index < -0.39 is 5.92 Å². The van der Waals surface area contributed by atoms with E-state index in [-0.39, 0.29) is 23.5 Å². The van der Waals surface area contributed by atoms with E-state index >= 15 is 0 Å². The first-order valence-corrected chi connectivity index (χ1v) is 8.78. The zero-order valence-electron chi connectivity index (χ0n) is 13.9. The largest absolute Gasteiger partial charge is 0.326 e. The summed E-state index contributed by atoms with van der Waals surface area (Å²) < 4.78 is 0. The molecule has 2 aromatic carbocycles. The van der Waals surface area contributed by atoms with Crippen molar-refractivity contribution in [1.29, 1.82) is 0 Å². The molecule has 134 valence electrons. The fourth-order valence-corrected chi connectivity index (χ4v) is 3.07. The van der Waals surface area contributed by atoms with Gasteiger partial charge in [-0.15, -0.1) is 0 Å². The number of ketones is 1. The van der Waals surface area contributed by atoms with Gasteiger partial charge in [-0.1, -0.05) is 23.2 Å². The molecule has 0 aromatic heterocycles. The summed E-state index contributed by atoms with van der Waals surface area (Å²) in [5.74, 6) is -1.28. The summed E-state index contributed by atoms with van der Waals surface area (Å²) in [4.78, 5) is 35.8. The number of hydrogen-bond acceptors (Lipinski definition) is 3. The Kier molecular flexibility index (Phi) is 5.30. The van der Waals surface area contributed by atoms with Gasteiger partial charge in [0.15, 0.2) is 5.78 Å². The lowest BCUT2D eigenvalue weighted by molar-refractivity contribution is -0.122. The first-order chi connectivity index (χ1) is 12.3. The fourth-order valence-electron chi connectivity index (χ4n) is 2.61. The average molecular weight is 391 g/mol. The van der Waals surface area contributed by atoms with Crippen LogP contribution in [0, 0.1) is 11.8 Å². The molecule has 0 radical (unpaired) electrons. The van der Waals surface area contributed by atoms with Gasteiger partial charge in [0.2, 0.25) is 11.8 Å². The highest BCUT2D eigenvalue weighted by Crippen LogP contribution is 2.40. The second-order valence-corrected chi connectivity index (χ2v) is 7.03. The molecule has 3 rings (SSSR count). The molecule has 0 aliphatic heterocycles. The van der Waals surface area contributed by atoms with Gasteiger partial charge in [-0.2, -0.15) is 0 Å². The number of anilines is 2. The second kappa shape index (κ2) is 7.48. The molecule has 2 atom stereocenters. The standard InChI is InChI=1S/C19H16Cl2N2O3/c1-10(24)11-2-5-13(6-3-11)22-18(25)14-9-15(14)19(26)23-17-7-4-12(20)8-16(17)21/h2-8,14-15H,9H2,1H3,(H,22,25)(H,23,26). The lowest BCUT2D eigenvalue weighted by Gasteiger charge is -2.08. The quantitative estimate of drug-likeness (QED) is 0.742. The summed E-state index contributed by atoms with van der Waals surface area (Å²) in [6.07, 6.45) is 0.481. The molecule has 0 saturated heterocycles. The van der Waals surface area contributed by atoms with Gasteiger partial charge >= 0.3 is 0 Å². The van der Waals surface area contributed by atoms with Crippen LogP contribution in [0.2, 0.25) is 10.0 Å². The highest BCUT2D eigenvalue weighted by Gasteiger charge is 2.48. The van der Waals surface area contributed by atoms with Crippen molar-refractivity contribution in [2.24, 2.45) is 11.8 Å². The predicted molar refractivity (Wildman–Crippen MR) is 102 cm³/mol. The van der Waals surface area contributed by atoms with Crippen LogP contribution in [0.3, 0.4) is 0 Å². The normalized spacial score (nSPS) is 18.1. The van der Waals surface area contributed by atoms with E-state index in [2.05, 4.69) is 10.6 Å². The SMILES string of the molecule is CC(=O)c1ccc(NC(=O)C2CC2C(=O)Nc2ccc(Cl)cc2Cl)cc1. The van der Waals surface area contributed by atoms with Gasteiger partial charge in [-0.25, -0.2) is 0 Å². The molecule has 0 bridgehead atoms. The number of carbonyl (C=O) groups excluding carboxylic acids is 3. The lowest BCUT2D eigenvalue weighted by Crippen LogP contribution is -2.20. The number of Topliss-reactive ketones (excluding diaryl/α,β-unsaturated/α-hetero) is 1. The van der Waals surface area contributed by atoms with E-state index in [4.69, 9.17) is 23.2 Å². The summed E-state index contributed by atoms with van der Waals surface area (Å²) in [6.45, 7) is 1.48. The van der Waals surface area contributed by atoms with E-state index in [0.717, 1.165) is 0 Å². The maximum absolute atomic E-state index is 12.3. The third-order valence-corrected chi connectivity index (χ3v) is 4.76. The number of carbonyl (C=O) groups is 3.